The average Bonchev–Trinajstić information content (AvgIpc) is 3.28. The van der Waals surface area contributed by atoms with E-state index < -0.39 is 0 Å². The molecule has 172 valence electrons. The van der Waals surface area contributed by atoms with Crippen LogP contribution in [-0.4, -0.2) is 63.2 Å². The summed E-state index contributed by atoms with van der Waals surface area (Å²) in [6, 6.07) is 16.0. The van der Waals surface area contributed by atoms with Gasteiger partial charge >= 0.3 is 0 Å². The van der Waals surface area contributed by atoms with Crippen LogP contribution >= 0.6 is 11.6 Å². The Hall–Kier alpha value is -2.75. The van der Waals surface area contributed by atoms with Gasteiger partial charge < -0.3 is 20.0 Å². The standard InChI is InChI=1S/C26H30ClN5O/c27-24-17-23(6-3-21(24)18-28)32-14-9-26(19-32)7-12-31(13-8-26)25(33)20-1-4-22(5-2-20)30-15-10-29-11-16-30/h1-6,17,29H,7-16,19H2. The number of hydrogen-bond donors (Lipinski definition) is 1. The lowest BCUT2D eigenvalue weighted by Gasteiger charge is -2.39. The van der Waals surface area contributed by atoms with Crippen molar-refractivity contribution in [2.24, 2.45) is 5.41 Å². The predicted octanol–water partition coefficient (Wildman–Crippen LogP) is 3.75. The van der Waals surface area contributed by atoms with Gasteiger partial charge in [0.25, 0.3) is 5.91 Å². The summed E-state index contributed by atoms with van der Waals surface area (Å²) in [4.78, 5) is 19.9. The van der Waals surface area contributed by atoms with E-state index in [2.05, 4.69) is 33.3 Å². The second-order valence-corrected chi connectivity index (χ2v) is 9.93. The first-order valence-corrected chi connectivity index (χ1v) is 12.2. The highest BCUT2D eigenvalue weighted by atomic mass is 35.5. The van der Waals surface area contributed by atoms with E-state index in [1.165, 1.54) is 5.69 Å². The van der Waals surface area contributed by atoms with Crippen LogP contribution in [0.1, 0.15) is 35.2 Å². The molecule has 0 atom stereocenters. The molecule has 7 heteroatoms. The van der Waals surface area contributed by atoms with Gasteiger partial charge in [0.15, 0.2) is 0 Å². The minimum Gasteiger partial charge on any atom is -0.371 e. The molecule has 0 saturated carbocycles. The molecule has 3 aliphatic rings. The number of nitrogens with one attached hydrogen (secondary N) is 1. The summed E-state index contributed by atoms with van der Waals surface area (Å²) in [5.41, 5.74) is 3.83. The molecule has 0 aromatic heterocycles. The van der Waals surface area contributed by atoms with Gasteiger partial charge in [-0.25, -0.2) is 0 Å². The Balaban J connectivity index is 1.18. The molecule has 3 aliphatic heterocycles. The van der Waals surface area contributed by atoms with Gasteiger partial charge in [0.2, 0.25) is 0 Å². The van der Waals surface area contributed by atoms with Gasteiger partial charge in [0.05, 0.1) is 10.6 Å². The van der Waals surface area contributed by atoms with E-state index in [0.717, 1.165) is 82.9 Å². The van der Waals surface area contributed by atoms with Gasteiger partial charge in [0.1, 0.15) is 6.07 Å². The molecular formula is C26H30ClN5O. The summed E-state index contributed by atoms with van der Waals surface area (Å²) in [5, 5.41) is 13.0. The summed E-state index contributed by atoms with van der Waals surface area (Å²) in [6.07, 6.45) is 3.18. The van der Waals surface area contributed by atoms with Gasteiger partial charge in [0, 0.05) is 69.3 Å². The zero-order valence-corrected chi connectivity index (χ0v) is 19.7. The number of likely N-dealkylation sites (tertiary alicyclic amines) is 1. The summed E-state index contributed by atoms with van der Waals surface area (Å²) in [7, 11) is 0. The van der Waals surface area contributed by atoms with Crippen molar-refractivity contribution in [3.8, 4) is 6.07 Å². The summed E-state index contributed by atoms with van der Waals surface area (Å²) in [5.74, 6) is 0.144. The SMILES string of the molecule is N#Cc1ccc(N2CCC3(CCN(C(=O)c4ccc(N5CCNCC5)cc4)CC3)C2)cc1Cl. The molecule has 5 rings (SSSR count). The highest BCUT2D eigenvalue weighted by molar-refractivity contribution is 6.32. The average molecular weight is 464 g/mol. The lowest BCUT2D eigenvalue weighted by atomic mass is 9.77. The Morgan fingerprint density at radius 1 is 0.909 bits per heavy atom. The quantitative estimate of drug-likeness (QED) is 0.751. The van der Waals surface area contributed by atoms with Crippen LogP contribution < -0.4 is 15.1 Å². The first-order chi connectivity index (χ1) is 16.1. The van der Waals surface area contributed by atoms with Crippen LogP contribution in [0.15, 0.2) is 42.5 Å². The number of rotatable bonds is 3. The largest absolute Gasteiger partial charge is 0.371 e. The number of anilines is 2. The van der Waals surface area contributed by atoms with Crippen molar-refractivity contribution < 1.29 is 4.79 Å². The highest BCUT2D eigenvalue weighted by Crippen LogP contribution is 2.42. The minimum atomic E-state index is 0.144. The normalized spacial score (nSPS) is 20.2. The lowest BCUT2D eigenvalue weighted by molar-refractivity contribution is 0.0610. The van der Waals surface area contributed by atoms with Gasteiger partial charge in [-0.3, -0.25) is 4.79 Å². The van der Waals surface area contributed by atoms with Crippen LogP contribution in [0.2, 0.25) is 5.02 Å². The molecule has 1 spiro atoms. The third-order valence-electron chi connectivity index (χ3n) is 7.58. The molecule has 2 aromatic carbocycles. The summed E-state index contributed by atoms with van der Waals surface area (Å²) >= 11 is 6.25. The number of carbonyl (C=O) groups is 1. The Kier molecular flexibility index (Phi) is 6.18. The molecule has 0 aliphatic carbocycles. The fourth-order valence-corrected chi connectivity index (χ4v) is 5.68. The maximum atomic E-state index is 13.1. The summed E-state index contributed by atoms with van der Waals surface area (Å²) < 4.78 is 0. The van der Waals surface area contributed by atoms with Crippen LogP contribution in [0.3, 0.4) is 0 Å². The van der Waals surface area contributed by atoms with Crippen molar-refractivity contribution in [1.82, 2.24) is 10.2 Å². The van der Waals surface area contributed by atoms with E-state index >= 15 is 0 Å². The fraction of sp³-hybridized carbons (Fsp3) is 0.462. The molecule has 3 saturated heterocycles. The topological polar surface area (TPSA) is 62.6 Å². The Morgan fingerprint density at radius 3 is 2.24 bits per heavy atom. The maximum absolute atomic E-state index is 13.1. The van der Waals surface area contributed by atoms with E-state index in [1.807, 2.05) is 29.2 Å². The van der Waals surface area contributed by atoms with Crippen molar-refractivity contribution in [1.29, 1.82) is 5.26 Å². The molecule has 0 bridgehead atoms. The van der Waals surface area contributed by atoms with Crippen molar-refractivity contribution in [2.75, 3.05) is 62.2 Å². The molecule has 0 unspecified atom stereocenters. The van der Waals surface area contributed by atoms with E-state index in [-0.39, 0.29) is 11.3 Å². The second kappa shape index (κ2) is 9.24. The minimum absolute atomic E-state index is 0.144. The number of benzene rings is 2. The molecule has 0 radical (unpaired) electrons. The smallest absolute Gasteiger partial charge is 0.253 e. The fourth-order valence-electron chi connectivity index (χ4n) is 5.46. The maximum Gasteiger partial charge on any atom is 0.253 e. The van der Waals surface area contributed by atoms with Crippen molar-refractivity contribution in [3.63, 3.8) is 0 Å². The number of piperazine rings is 1. The Morgan fingerprint density at radius 2 is 1.58 bits per heavy atom. The van der Waals surface area contributed by atoms with Gasteiger partial charge in [-0.05, 0) is 67.1 Å². The third-order valence-corrected chi connectivity index (χ3v) is 7.90. The van der Waals surface area contributed by atoms with Crippen LogP contribution in [0.4, 0.5) is 11.4 Å². The van der Waals surface area contributed by atoms with Crippen LogP contribution in [0, 0.1) is 16.7 Å². The first kappa shape index (κ1) is 22.1. The van der Waals surface area contributed by atoms with Crippen molar-refractivity contribution >= 4 is 28.9 Å². The molecule has 33 heavy (non-hydrogen) atoms. The van der Waals surface area contributed by atoms with Crippen molar-refractivity contribution in [2.45, 2.75) is 19.3 Å². The van der Waals surface area contributed by atoms with Gasteiger partial charge in [-0.1, -0.05) is 11.6 Å². The molecule has 1 amide bonds. The van der Waals surface area contributed by atoms with E-state index in [9.17, 15) is 4.79 Å². The van der Waals surface area contributed by atoms with E-state index in [4.69, 9.17) is 16.9 Å². The van der Waals surface area contributed by atoms with Crippen LogP contribution in [0.25, 0.3) is 0 Å². The number of nitrogens with zero attached hydrogens (tertiary/aromatic N) is 4. The third kappa shape index (κ3) is 4.53. The van der Waals surface area contributed by atoms with Crippen LogP contribution in [-0.2, 0) is 0 Å². The number of piperidine rings is 1. The zero-order chi connectivity index (χ0) is 22.8. The predicted molar refractivity (Wildman–Crippen MR) is 132 cm³/mol. The zero-order valence-electron chi connectivity index (χ0n) is 18.9. The van der Waals surface area contributed by atoms with E-state index in [0.29, 0.717) is 10.6 Å². The molecule has 2 aromatic rings. The lowest BCUT2D eigenvalue weighted by Crippen LogP contribution is -2.44. The van der Waals surface area contributed by atoms with E-state index in [1.54, 1.807) is 6.07 Å². The molecule has 3 fully saturated rings. The second-order valence-electron chi connectivity index (χ2n) is 9.52. The van der Waals surface area contributed by atoms with Crippen molar-refractivity contribution in [3.05, 3.63) is 58.6 Å². The Labute approximate surface area is 200 Å². The summed E-state index contributed by atoms with van der Waals surface area (Å²) in [6.45, 7) is 7.61. The Bertz CT molecular complexity index is 1050. The molecule has 3 heterocycles. The molecule has 1 N–H and O–H groups in total. The number of carbonyl (C=O) groups excluding carboxylic acids is 1. The van der Waals surface area contributed by atoms with Crippen LogP contribution in [0.5, 0.6) is 0 Å². The number of nitriles is 1. The number of halogens is 1. The monoisotopic (exact) mass is 463 g/mol. The number of amides is 1. The molecular weight excluding hydrogens is 434 g/mol. The molecule has 6 nitrogen and oxygen atoms in total. The van der Waals surface area contributed by atoms with Gasteiger partial charge in [-0.2, -0.15) is 5.26 Å². The first-order valence-electron chi connectivity index (χ1n) is 11.9. The number of hydrogen-bond acceptors (Lipinski definition) is 5. The highest BCUT2D eigenvalue weighted by Gasteiger charge is 2.41. The van der Waals surface area contributed by atoms with Gasteiger partial charge in [-0.15, -0.1) is 0 Å².